The number of rotatable bonds is 8. The fourth-order valence-electron chi connectivity index (χ4n) is 3.19. The Bertz CT molecular complexity index is 1040. The maximum absolute atomic E-state index is 12.4. The van der Waals surface area contributed by atoms with Crippen molar-refractivity contribution in [3.8, 4) is 23.0 Å². The van der Waals surface area contributed by atoms with Crippen LogP contribution in [0.1, 0.15) is 35.7 Å². The monoisotopic (exact) mass is 443 g/mol. The van der Waals surface area contributed by atoms with E-state index in [1.165, 1.54) is 36.4 Å². The summed E-state index contributed by atoms with van der Waals surface area (Å²) in [6.07, 6.45) is 0.624. The third-order valence-electron chi connectivity index (χ3n) is 4.96. The minimum absolute atomic E-state index is 0.0139. The molecule has 1 aliphatic heterocycles. The van der Waals surface area contributed by atoms with Crippen LogP contribution in [0.2, 0.25) is 0 Å². The number of aliphatic imine (C=N–C) groups is 1. The van der Waals surface area contributed by atoms with Crippen molar-refractivity contribution in [3.63, 3.8) is 0 Å². The molecule has 170 valence electrons. The second kappa shape index (κ2) is 9.90. The Morgan fingerprint density at radius 3 is 2.28 bits per heavy atom. The third kappa shape index (κ3) is 5.02. The summed E-state index contributed by atoms with van der Waals surface area (Å²) >= 11 is 0. The molecule has 0 spiro atoms. The molecule has 0 saturated heterocycles. The number of unbranched alkanes of at least 4 members (excludes halogenated alkanes) is 1. The normalized spacial score (nSPS) is 17.3. The van der Waals surface area contributed by atoms with Crippen molar-refractivity contribution in [2.45, 2.75) is 31.9 Å². The maximum Gasteiger partial charge on any atom is 0.255 e. The predicted molar refractivity (Wildman–Crippen MR) is 115 cm³/mol. The van der Waals surface area contributed by atoms with Crippen LogP contribution >= 0.6 is 0 Å². The van der Waals surface area contributed by atoms with Crippen LogP contribution in [0.3, 0.4) is 0 Å². The highest BCUT2D eigenvalue weighted by molar-refractivity contribution is 6.01. The smallest absolute Gasteiger partial charge is 0.255 e. The van der Waals surface area contributed by atoms with E-state index in [0.717, 1.165) is 0 Å². The zero-order valence-corrected chi connectivity index (χ0v) is 17.4. The van der Waals surface area contributed by atoms with Crippen LogP contribution in [0.4, 0.5) is 0 Å². The molecule has 1 heterocycles. The number of carbonyl (C=O) groups excluding carboxylic acids is 2. The Balaban J connectivity index is 1.43. The molecule has 2 atom stereocenters. The molecule has 0 saturated carbocycles. The summed E-state index contributed by atoms with van der Waals surface area (Å²) in [6.45, 7) is 2.37. The number of aromatic hydroxyl groups is 4. The Hall–Kier alpha value is -3.95. The molecule has 32 heavy (non-hydrogen) atoms. The van der Waals surface area contributed by atoms with Crippen LogP contribution < -0.4 is 10.6 Å². The Kier molecular flexibility index (Phi) is 7.04. The first-order chi connectivity index (χ1) is 15.3. The Morgan fingerprint density at radius 2 is 1.56 bits per heavy atom. The fraction of sp³-hybridized carbons (Fsp3) is 0.318. The van der Waals surface area contributed by atoms with Crippen molar-refractivity contribution < 1.29 is 34.8 Å². The van der Waals surface area contributed by atoms with E-state index in [2.05, 4.69) is 15.6 Å². The molecule has 2 amide bonds. The Labute approximate surface area is 184 Å². The Morgan fingerprint density at radius 1 is 0.938 bits per heavy atom. The minimum Gasteiger partial charge on any atom is -0.504 e. The molecule has 2 aromatic carbocycles. The number of para-hydroxylation sites is 2. The van der Waals surface area contributed by atoms with E-state index in [4.69, 9.17) is 4.74 Å². The van der Waals surface area contributed by atoms with Crippen molar-refractivity contribution in [2.24, 2.45) is 4.99 Å². The van der Waals surface area contributed by atoms with E-state index in [9.17, 15) is 30.0 Å². The largest absolute Gasteiger partial charge is 0.504 e. The van der Waals surface area contributed by atoms with E-state index in [1.807, 2.05) is 0 Å². The average molecular weight is 443 g/mol. The SMILES string of the molecule is C[C@H]1OC(c2cccc(O)c2O)=N[C@@H]1C(=O)NCCCCNC(=O)c1cccc(O)c1O. The first-order valence-corrected chi connectivity index (χ1v) is 10.1. The molecule has 0 aromatic heterocycles. The number of phenols is 4. The number of amides is 2. The zero-order chi connectivity index (χ0) is 23.3. The molecule has 6 N–H and O–H groups in total. The van der Waals surface area contributed by atoms with Gasteiger partial charge in [-0.05, 0) is 44.0 Å². The topological polar surface area (TPSA) is 161 Å². The van der Waals surface area contributed by atoms with Gasteiger partial charge in [0.1, 0.15) is 6.10 Å². The quantitative estimate of drug-likeness (QED) is 0.265. The van der Waals surface area contributed by atoms with Gasteiger partial charge in [0.25, 0.3) is 5.91 Å². The van der Waals surface area contributed by atoms with Crippen molar-refractivity contribution in [1.29, 1.82) is 0 Å². The van der Waals surface area contributed by atoms with Gasteiger partial charge < -0.3 is 35.8 Å². The summed E-state index contributed by atoms with van der Waals surface area (Å²) in [4.78, 5) is 28.7. The molecular weight excluding hydrogens is 418 g/mol. The van der Waals surface area contributed by atoms with Crippen LogP contribution in [-0.2, 0) is 9.53 Å². The van der Waals surface area contributed by atoms with Gasteiger partial charge in [-0.25, -0.2) is 4.99 Å². The molecule has 0 fully saturated rings. The second-order valence-electron chi connectivity index (χ2n) is 7.30. The van der Waals surface area contributed by atoms with Crippen LogP contribution in [0.15, 0.2) is 41.4 Å². The van der Waals surface area contributed by atoms with Gasteiger partial charge in [-0.1, -0.05) is 12.1 Å². The lowest BCUT2D eigenvalue weighted by Crippen LogP contribution is -2.38. The lowest BCUT2D eigenvalue weighted by molar-refractivity contribution is -0.123. The third-order valence-corrected chi connectivity index (χ3v) is 4.96. The zero-order valence-electron chi connectivity index (χ0n) is 17.4. The number of hydrogen-bond acceptors (Lipinski definition) is 8. The van der Waals surface area contributed by atoms with Gasteiger partial charge in [0, 0.05) is 13.1 Å². The highest BCUT2D eigenvalue weighted by Gasteiger charge is 2.34. The van der Waals surface area contributed by atoms with Gasteiger partial charge in [0.05, 0.1) is 11.1 Å². The van der Waals surface area contributed by atoms with E-state index in [0.29, 0.717) is 25.9 Å². The van der Waals surface area contributed by atoms with E-state index in [1.54, 1.807) is 6.92 Å². The number of nitrogens with zero attached hydrogens (tertiary/aromatic N) is 1. The molecule has 10 heteroatoms. The van der Waals surface area contributed by atoms with E-state index >= 15 is 0 Å². The summed E-state index contributed by atoms with van der Waals surface area (Å²) in [5.74, 6) is -2.25. The standard InChI is InChI=1S/C22H25N3O7/c1-12-17(25-22(32-12)14-7-5-9-16(27)19(14)29)21(31)24-11-3-2-10-23-20(30)13-6-4-8-15(26)18(13)28/h4-9,12,17,26-29H,2-3,10-11H2,1H3,(H,23,30)(H,24,31)/t12-,17+/m1/s1. The van der Waals surface area contributed by atoms with E-state index in [-0.39, 0.29) is 40.2 Å². The minimum atomic E-state index is -0.791. The molecular formula is C22H25N3O7. The van der Waals surface area contributed by atoms with E-state index < -0.39 is 23.8 Å². The summed E-state index contributed by atoms with van der Waals surface area (Å²) in [6, 6.07) is 7.76. The van der Waals surface area contributed by atoms with Crippen molar-refractivity contribution >= 4 is 17.7 Å². The predicted octanol–water partition coefficient (Wildman–Crippen LogP) is 1.37. The van der Waals surface area contributed by atoms with Crippen LogP contribution in [0, 0.1) is 0 Å². The summed E-state index contributed by atoms with van der Waals surface area (Å²) < 4.78 is 5.58. The maximum atomic E-state index is 12.4. The number of ether oxygens (including phenoxy) is 1. The van der Waals surface area contributed by atoms with Crippen LogP contribution in [0.5, 0.6) is 23.0 Å². The number of carbonyl (C=O) groups is 2. The van der Waals surface area contributed by atoms with Crippen molar-refractivity contribution in [1.82, 2.24) is 10.6 Å². The van der Waals surface area contributed by atoms with Gasteiger partial charge in [0.15, 0.2) is 29.0 Å². The molecule has 10 nitrogen and oxygen atoms in total. The van der Waals surface area contributed by atoms with Gasteiger partial charge in [-0.3, -0.25) is 9.59 Å². The number of nitrogens with one attached hydrogen (secondary N) is 2. The van der Waals surface area contributed by atoms with Gasteiger partial charge >= 0.3 is 0 Å². The molecule has 0 bridgehead atoms. The molecule has 3 rings (SSSR count). The summed E-state index contributed by atoms with van der Waals surface area (Å²) in [5, 5.41) is 44.2. The second-order valence-corrected chi connectivity index (χ2v) is 7.30. The molecule has 2 aromatic rings. The van der Waals surface area contributed by atoms with Gasteiger partial charge in [-0.2, -0.15) is 0 Å². The first-order valence-electron chi connectivity index (χ1n) is 10.1. The lowest BCUT2D eigenvalue weighted by atomic mass is 10.1. The molecule has 0 radical (unpaired) electrons. The highest BCUT2D eigenvalue weighted by Crippen LogP contribution is 2.31. The number of phenolic OH excluding ortho intramolecular Hbond substituents is 4. The number of hydrogen-bond donors (Lipinski definition) is 6. The van der Waals surface area contributed by atoms with Crippen molar-refractivity contribution in [3.05, 3.63) is 47.5 Å². The average Bonchev–Trinajstić information content (AvgIpc) is 3.15. The number of benzene rings is 2. The van der Waals surface area contributed by atoms with Crippen molar-refractivity contribution in [2.75, 3.05) is 13.1 Å². The molecule has 0 aliphatic carbocycles. The van der Waals surface area contributed by atoms with Crippen LogP contribution in [0.25, 0.3) is 0 Å². The fourth-order valence-corrected chi connectivity index (χ4v) is 3.19. The summed E-state index contributed by atoms with van der Waals surface area (Å²) in [5.41, 5.74) is 0.195. The first kappa shape index (κ1) is 22.7. The highest BCUT2D eigenvalue weighted by atomic mass is 16.5. The summed E-state index contributed by atoms with van der Waals surface area (Å²) in [7, 11) is 0. The molecule has 1 aliphatic rings. The lowest BCUT2D eigenvalue weighted by Gasteiger charge is -2.13. The molecule has 0 unspecified atom stereocenters. The van der Waals surface area contributed by atoms with Crippen LogP contribution in [-0.4, -0.2) is 63.4 Å². The van der Waals surface area contributed by atoms with Gasteiger partial charge in [0.2, 0.25) is 11.8 Å². The van der Waals surface area contributed by atoms with Gasteiger partial charge in [-0.15, -0.1) is 0 Å².